The van der Waals surface area contributed by atoms with E-state index in [4.69, 9.17) is 0 Å². The van der Waals surface area contributed by atoms with Crippen LogP contribution in [0.3, 0.4) is 0 Å². The van der Waals surface area contributed by atoms with E-state index in [0.717, 1.165) is 11.8 Å². The lowest BCUT2D eigenvalue weighted by atomic mass is 9.57. The van der Waals surface area contributed by atoms with Crippen molar-refractivity contribution in [3.8, 4) is 5.69 Å². The summed E-state index contributed by atoms with van der Waals surface area (Å²) in [7, 11) is 0. The molecule has 0 N–H and O–H groups in total. The average molecular weight is 436 g/mol. The van der Waals surface area contributed by atoms with Gasteiger partial charge in [-0.15, -0.1) is 0 Å². The Bertz CT molecular complexity index is 1160. The normalized spacial score (nSPS) is 18.8. The molecule has 2 aliphatic carbocycles. The van der Waals surface area contributed by atoms with Crippen molar-refractivity contribution < 1.29 is 0 Å². The molecular weight excluding hydrogens is 398 g/mol. The van der Waals surface area contributed by atoms with E-state index in [1.165, 1.54) is 91.7 Å². The zero-order chi connectivity index (χ0) is 22.3. The van der Waals surface area contributed by atoms with Gasteiger partial charge in [-0.2, -0.15) is 0 Å². The van der Waals surface area contributed by atoms with Crippen LogP contribution in [0.15, 0.2) is 72.8 Å². The summed E-state index contributed by atoms with van der Waals surface area (Å²) in [5, 5.41) is 2.68. The second-order valence-corrected chi connectivity index (χ2v) is 10.9. The van der Waals surface area contributed by atoms with Crippen molar-refractivity contribution in [1.82, 2.24) is 4.57 Å². The predicted octanol–water partition coefficient (Wildman–Crippen LogP) is 9.20. The van der Waals surface area contributed by atoms with Crippen LogP contribution in [0.2, 0.25) is 0 Å². The minimum Gasteiger partial charge on any atom is -0.309 e. The number of fused-ring (bicyclic) bond motifs is 3. The number of rotatable bonds is 4. The van der Waals surface area contributed by atoms with Gasteiger partial charge in [0.05, 0.1) is 11.0 Å². The van der Waals surface area contributed by atoms with Crippen molar-refractivity contribution in [2.75, 3.05) is 0 Å². The summed E-state index contributed by atoms with van der Waals surface area (Å²) in [6, 6.07) is 27.4. The minimum absolute atomic E-state index is 0.320. The van der Waals surface area contributed by atoms with Crippen LogP contribution in [-0.2, 0) is 5.41 Å². The van der Waals surface area contributed by atoms with Crippen LogP contribution in [0.25, 0.3) is 27.5 Å². The van der Waals surface area contributed by atoms with Crippen molar-refractivity contribution >= 4 is 21.8 Å². The quantitative estimate of drug-likeness (QED) is 0.301. The Morgan fingerprint density at radius 2 is 1.03 bits per heavy atom. The molecule has 2 saturated carbocycles. The highest BCUT2D eigenvalue weighted by molar-refractivity contribution is 6.09. The van der Waals surface area contributed by atoms with Gasteiger partial charge in [-0.25, -0.2) is 0 Å². The number of nitrogens with zero attached hydrogens (tertiary/aromatic N) is 1. The second-order valence-electron chi connectivity index (χ2n) is 10.9. The summed E-state index contributed by atoms with van der Waals surface area (Å²) < 4.78 is 2.45. The Morgan fingerprint density at radius 1 is 0.576 bits per heavy atom. The maximum Gasteiger partial charge on any atom is 0.0541 e. The fourth-order valence-corrected chi connectivity index (χ4v) is 7.38. The highest BCUT2D eigenvalue weighted by Crippen LogP contribution is 2.50. The lowest BCUT2D eigenvalue weighted by Gasteiger charge is -2.47. The number of hydrogen-bond donors (Lipinski definition) is 0. The van der Waals surface area contributed by atoms with Gasteiger partial charge in [-0.3, -0.25) is 0 Å². The predicted molar refractivity (Wildman–Crippen MR) is 141 cm³/mol. The first-order valence-electron chi connectivity index (χ1n) is 13.4. The van der Waals surface area contributed by atoms with Crippen LogP contribution >= 0.6 is 0 Å². The molecule has 170 valence electrons. The Kier molecular flexibility index (Phi) is 5.52. The van der Waals surface area contributed by atoms with E-state index in [1.54, 1.807) is 5.56 Å². The molecule has 6 rings (SSSR count). The molecule has 2 fully saturated rings. The molecule has 33 heavy (non-hydrogen) atoms. The lowest BCUT2D eigenvalue weighted by molar-refractivity contribution is 0.115. The van der Waals surface area contributed by atoms with Gasteiger partial charge < -0.3 is 4.57 Å². The van der Waals surface area contributed by atoms with Crippen LogP contribution in [0.4, 0.5) is 0 Å². The molecule has 0 aliphatic heterocycles. The lowest BCUT2D eigenvalue weighted by Crippen LogP contribution is -2.41. The maximum absolute atomic E-state index is 2.63. The first-order chi connectivity index (χ1) is 16.3. The molecule has 0 amide bonds. The zero-order valence-corrected chi connectivity index (χ0v) is 20.1. The van der Waals surface area contributed by atoms with Gasteiger partial charge in [0, 0.05) is 16.5 Å². The molecule has 1 heteroatoms. The first kappa shape index (κ1) is 21.0. The van der Waals surface area contributed by atoms with Gasteiger partial charge in [0.15, 0.2) is 0 Å². The Labute approximate surface area is 198 Å². The van der Waals surface area contributed by atoms with E-state index >= 15 is 0 Å². The summed E-state index contributed by atoms with van der Waals surface area (Å²) in [5.41, 5.74) is 5.79. The fourth-order valence-electron chi connectivity index (χ4n) is 7.38. The van der Waals surface area contributed by atoms with Gasteiger partial charge in [0.25, 0.3) is 0 Å². The molecule has 0 spiro atoms. The average Bonchev–Trinajstić information content (AvgIpc) is 3.24. The van der Waals surface area contributed by atoms with Crippen molar-refractivity contribution in [3.63, 3.8) is 0 Å². The maximum atomic E-state index is 2.63. The van der Waals surface area contributed by atoms with E-state index in [1.807, 2.05) is 0 Å². The van der Waals surface area contributed by atoms with Gasteiger partial charge in [-0.1, -0.05) is 94.0 Å². The number of benzene rings is 3. The Morgan fingerprint density at radius 3 is 1.52 bits per heavy atom. The molecule has 0 radical (unpaired) electrons. The van der Waals surface area contributed by atoms with Crippen molar-refractivity contribution in [2.45, 2.75) is 76.5 Å². The Balaban J connectivity index is 1.44. The topological polar surface area (TPSA) is 4.93 Å². The third-order valence-corrected chi connectivity index (χ3v) is 9.23. The summed E-state index contributed by atoms with van der Waals surface area (Å²) >= 11 is 0. The molecule has 0 bridgehead atoms. The largest absolute Gasteiger partial charge is 0.309 e. The van der Waals surface area contributed by atoms with Crippen LogP contribution < -0.4 is 0 Å². The van der Waals surface area contributed by atoms with Crippen LogP contribution in [0.1, 0.15) is 76.7 Å². The van der Waals surface area contributed by atoms with Crippen molar-refractivity contribution in [1.29, 1.82) is 0 Å². The van der Waals surface area contributed by atoms with E-state index in [2.05, 4.69) is 84.3 Å². The molecule has 4 aromatic rings. The monoisotopic (exact) mass is 435 g/mol. The highest BCUT2D eigenvalue weighted by atomic mass is 15.0. The molecule has 1 nitrogen and oxygen atoms in total. The molecule has 0 atom stereocenters. The summed E-state index contributed by atoms with van der Waals surface area (Å²) in [4.78, 5) is 0. The third-order valence-electron chi connectivity index (χ3n) is 9.23. The van der Waals surface area contributed by atoms with E-state index < -0.39 is 0 Å². The molecule has 1 aromatic heterocycles. The summed E-state index contributed by atoms with van der Waals surface area (Å²) in [6.07, 6.45) is 14.2. The van der Waals surface area contributed by atoms with Crippen molar-refractivity contribution in [2.24, 2.45) is 11.8 Å². The smallest absolute Gasteiger partial charge is 0.0541 e. The SMILES string of the molecule is CC(c1ccc(-n2c3ccccc3c3ccccc32)cc1)(C1CCCCC1)C1CCCCC1. The van der Waals surface area contributed by atoms with Crippen molar-refractivity contribution in [3.05, 3.63) is 78.4 Å². The molecular formula is C32H37N. The molecule has 3 aromatic carbocycles. The fraction of sp³-hybridized carbons (Fsp3) is 0.438. The second kappa shape index (κ2) is 8.67. The van der Waals surface area contributed by atoms with Crippen LogP contribution in [0, 0.1) is 11.8 Å². The van der Waals surface area contributed by atoms with Gasteiger partial charge >= 0.3 is 0 Å². The van der Waals surface area contributed by atoms with Crippen LogP contribution in [-0.4, -0.2) is 4.57 Å². The standard InChI is InChI=1S/C32H37N/c1-32(24-12-4-2-5-13-24,25-14-6-3-7-15-25)26-20-22-27(23-21-26)33-30-18-10-8-16-28(30)29-17-9-11-19-31(29)33/h8-11,16-25H,2-7,12-15H2,1H3. The summed E-state index contributed by atoms with van der Waals surface area (Å²) in [6.45, 7) is 2.63. The van der Waals surface area contributed by atoms with Gasteiger partial charge in [-0.05, 0) is 72.8 Å². The zero-order valence-electron chi connectivity index (χ0n) is 20.1. The van der Waals surface area contributed by atoms with E-state index in [-0.39, 0.29) is 0 Å². The molecule has 0 unspecified atom stereocenters. The molecule has 0 saturated heterocycles. The molecule has 1 heterocycles. The minimum atomic E-state index is 0.320. The summed E-state index contributed by atoms with van der Waals surface area (Å²) in [5.74, 6) is 1.68. The third kappa shape index (κ3) is 3.52. The first-order valence-corrected chi connectivity index (χ1v) is 13.4. The number of aromatic nitrogens is 1. The Hall–Kier alpha value is -2.54. The van der Waals surface area contributed by atoms with E-state index in [9.17, 15) is 0 Å². The van der Waals surface area contributed by atoms with Crippen LogP contribution in [0.5, 0.6) is 0 Å². The van der Waals surface area contributed by atoms with E-state index in [0.29, 0.717) is 5.41 Å². The van der Waals surface area contributed by atoms with Gasteiger partial charge in [0.2, 0.25) is 0 Å². The number of hydrogen-bond acceptors (Lipinski definition) is 0. The van der Waals surface area contributed by atoms with Gasteiger partial charge in [0.1, 0.15) is 0 Å². The highest BCUT2D eigenvalue weighted by Gasteiger charge is 2.43. The molecule has 2 aliphatic rings. The number of para-hydroxylation sites is 2.